The molecule has 43 heavy (non-hydrogen) atoms. The van der Waals surface area contributed by atoms with Crippen LogP contribution in [0.4, 0.5) is 4.79 Å². The zero-order valence-corrected chi connectivity index (χ0v) is 26.7. The maximum atomic E-state index is 13.4. The highest BCUT2D eigenvalue weighted by atomic mass is 33.1. The number of unbranched alkanes of at least 4 members (excludes halogenated alkanes) is 2. The number of hydrogen-bond donors (Lipinski definition) is 8. The van der Waals surface area contributed by atoms with Gasteiger partial charge in [0.1, 0.15) is 23.7 Å². The van der Waals surface area contributed by atoms with Crippen LogP contribution in [-0.4, -0.2) is 89.7 Å². The molecule has 3 atom stereocenters. The number of hydrogen-bond acceptors (Lipinski definition) is 9. The third-order valence-corrected chi connectivity index (χ3v) is 8.77. The van der Waals surface area contributed by atoms with Crippen LogP contribution in [0.15, 0.2) is 0 Å². The van der Waals surface area contributed by atoms with Gasteiger partial charge in [-0.05, 0) is 33.1 Å². The fourth-order valence-corrected chi connectivity index (χ4v) is 5.88. The minimum Gasteiger partial charge on any atom is -0.370 e. The van der Waals surface area contributed by atoms with Gasteiger partial charge in [-0.3, -0.25) is 28.8 Å². The Morgan fingerprint density at radius 3 is 2.16 bits per heavy atom. The standard InChI is InChI=1S/C26H46N8O7S2/c1-4-5-6-8-16-22(38)32-17(9-7-11-30-25(28)41)23(39)34-26(2,3)24(40)33-18(15-19(27)35)21(37)29-12-14-43-42-13-10-20(36)31-16/h16-18H,4-15H2,1-3H3,(H2,27,35)(H,29,37)(H,31,36)(H,32,38)(H,33,40)(H,34,39)(H3,28,30,41). The molecule has 0 aromatic heterocycles. The SMILES string of the molecule is CCCCCC1NC(=O)CCSSCCNC(=O)C(CC(N)=O)NC(=O)C(C)(C)NC(=O)C(CCCNC(N)=O)NC1=O. The van der Waals surface area contributed by atoms with Crippen molar-refractivity contribution in [1.82, 2.24) is 31.9 Å². The van der Waals surface area contributed by atoms with Crippen molar-refractivity contribution in [3.8, 4) is 0 Å². The second-order valence-corrected chi connectivity index (χ2v) is 13.3. The molecule has 1 saturated heterocycles. The van der Waals surface area contributed by atoms with Gasteiger partial charge in [0.15, 0.2) is 0 Å². The van der Waals surface area contributed by atoms with E-state index in [1.54, 1.807) is 0 Å². The van der Waals surface area contributed by atoms with E-state index in [9.17, 15) is 33.6 Å². The molecule has 8 amide bonds. The maximum Gasteiger partial charge on any atom is 0.312 e. The summed E-state index contributed by atoms with van der Waals surface area (Å²) in [4.78, 5) is 88.0. The lowest BCUT2D eigenvalue weighted by atomic mass is 10.0. The first-order valence-corrected chi connectivity index (χ1v) is 16.8. The summed E-state index contributed by atoms with van der Waals surface area (Å²) in [7, 11) is 2.86. The Kier molecular flexibility index (Phi) is 17.5. The van der Waals surface area contributed by atoms with E-state index in [1.807, 2.05) is 6.92 Å². The number of nitrogens with one attached hydrogen (secondary N) is 6. The van der Waals surface area contributed by atoms with Crippen LogP contribution < -0.4 is 43.4 Å². The summed E-state index contributed by atoms with van der Waals surface area (Å²) in [5, 5.41) is 15.6. The lowest BCUT2D eigenvalue weighted by Crippen LogP contribution is -2.62. The average molecular weight is 647 g/mol. The Balaban J connectivity index is 3.26. The smallest absolute Gasteiger partial charge is 0.312 e. The summed E-state index contributed by atoms with van der Waals surface area (Å²) in [6, 6.07) is -4.02. The zero-order valence-electron chi connectivity index (χ0n) is 25.0. The number of amides is 8. The van der Waals surface area contributed by atoms with Crippen LogP contribution in [0.2, 0.25) is 0 Å². The minimum absolute atomic E-state index is 0.0751. The highest BCUT2D eigenvalue weighted by molar-refractivity contribution is 8.76. The molecule has 0 aromatic rings. The van der Waals surface area contributed by atoms with Crippen LogP contribution in [0.3, 0.4) is 0 Å². The van der Waals surface area contributed by atoms with E-state index < -0.39 is 65.7 Å². The topological polar surface area (TPSA) is 244 Å². The van der Waals surface area contributed by atoms with Gasteiger partial charge in [0, 0.05) is 31.0 Å². The van der Waals surface area contributed by atoms with Crippen LogP contribution in [0, 0.1) is 0 Å². The molecule has 0 saturated carbocycles. The molecule has 15 nitrogen and oxygen atoms in total. The molecule has 0 aromatic carbocycles. The number of urea groups is 1. The summed E-state index contributed by atoms with van der Waals surface area (Å²) >= 11 is 0. The van der Waals surface area contributed by atoms with E-state index in [0.29, 0.717) is 24.3 Å². The number of primary amides is 2. The predicted molar refractivity (Wildman–Crippen MR) is 165 cm³/mol. The van der Waals surface area contributed by atoms with Crippen LogP contribution in [0.5, 0.6) is 0 Å². The van der Waals surface area contributed by atoms with Gasteiger partial charge in [-0.25, -0.2) is 4.79 Å². The van der Waals surface area contributed by atoms with Gasteiger partial charge in [-0.2, -0.15) is 0 Å². The number of rotatable bonds is 10. The molecule has 0 aliphatic carbocycles. The Bertz CT molecular complexity index is 999. The molecule has 1 rings (SSSR count). The molecule has 17 heteroatoms. The first-order valence-electron chi connectivity index (χ1n) is 14.3. The molecule has 0 bridgehead atoms. The fourth-order valence-electron chi connectivity index (χ4n) is 3.98. The van der Waals surface area contributed by atoms with Crippen molar-refractivity contribution in [2.24, 2.45) is 11.5 Å². The average Bonchev–Trinajstić information content (AvgIpc) is 2.91. The van der Waals surface area contributed by atoms with Gasteiger partial charge < -0.3 is 43.4 Å². The van der Waals surface area contributed by atoms with Crippen molar-refractivity contribution in [2.45, 2.75) is 95.8 Å². The number of nitrogens with two attached hydrogens (primary N) is 2. The van der Waals surface area contributed by atoms with Crippen molar-refractivity contribution in [3.05, 3.63) is 0 Å². The van der Waals surface area contributed by atoms with Crippen molar-refractivity contribution in [3.63, 3.8) is 0 Å². The van der Waals surface area contributed by atoms with Crippen LogP contribution in [-0.2, 0) is 28.8 Å². The third kappa shape index (κ3) is 15.7. The molecule has 244 valence electrons. The molecule has 10 N–H and O–H groups in total. The molecule has 0 radical (unpaired) electrons. The van der Waals surface area contributed by atoms with Crippen molar-refractivity contribution < 1.29 is 33.6 Å². The largest absolute Gasteiger partial charge is 0.370 e. The van der Waals surface area contributed by atoms with Gasteiger partial charge in [0.05, 0.1) is 6.42 Å². The summed E-state index contributed by atoms with van der Waals surface area (Å²) in [6.45, 7) is 5.19. The molecule has 1 fully saturated rings. The van der Waals surface area contributed by atoms with Crippen molar-refractivity contribution >= 4 is 63.1 Å². The Morgan fingerprint density at radius 2 is 1.51 bits per heavy atom. The Labute approximate surface area is 260 Å². The normalized spacial score (nSPS) is 23.0. The van der Waals surface area contributed by atoms with E-state index in [-0.39, 0.29) is 38.3 Å². The summed E-state index contributed by atoms with van der Waals surface area (Å²) in [6.07, 6.45) is 2.86. The molecule has 1 aliphatic heterocycles. The lowest BCUT2D eigenvalue weighted by Gasteiger charge is -2.30. The quantitative estimate of drug-likeness (QED) is 0.109. The van der Waals surface area contributed by atoms with Gasteiger partial charge in [0.25, 0.3) is 0 Å². The van der Waals surface area contributed by atoms with E-state index in [1.165, 1.54) is 35.4 Å². The van der Waals surface area contributed by atoms with Crippen LogP contribution >= 0.6 is 21.6 Å². The van der Waals surface area contributed by atoms with E-state index in [2.05, 4.69) is 31.9 Å². The molecule has 1 heterocycles. The summed E-state index contributed by atoms with van der Waals surface area (Å²) in [5.74, 6) is -2.79. The van der Waals surface area contributed by atoms with E-state index in [4.69, 9.17) is 11.5 Å². The molecular formula is C26H46N8O7S2. The van der Waals surface area contributed by atoms with Gasteiger partial charge in [-0.1, -0.05) is 47.8 Å². The van der Waals surface area contributed by atoms with Gasteiger partial charge in [-0.15, -0.1) is 0 Å². The maximum absolute atomic E-state index is 13.4. The zero-order chi connectivity index (χ0) is 32.4. The van der Waals surface area contributed by atoms with E-state index in [0.717, 1.165) is 12.8 Å². The van der Waals surface area contributed by atoms with Crippen molar-refractivity contribution in [2.75, 3.05) is 24.6 Å². The summed E-state index contributed by atoms with van der Waals surface area (Å²) in [5.41, 5.74) is 8.83. The monoisotopic (exact) mass is 646 g/mol. The lowest BCUT2D eigenvalue weighted by molar-refractivity contribution is -0.137. The number of carbonyl (C=O) groups is 7. The first-order chi connectivity index (χ1) is 20.3. The second-order valence-electron chi connectivity index (χ2n) is 10.6. The van der Waals surface area contributed by atoms with Crippen LogP contribution in [0.1, 0.15) is 72.1 Å². The fraction of sp³-hybridized carbons (Fsp3) is 0.731. The van der Waals surface area contributed by atoms with Gasteiger partial charge in [0.2, 0.25) is 35.4 Å². The Morgan fingerprint density at radius 1 is 0.860 bits per heavy atom. The third-order valence-electron chi connectivity index (χ3n) is 6.36. The van der Waals surface area contributed by atoms with Crippen molar-refractivity contribution in [1.29, 1.82) is 0 Å². The molecule has 1 aliphatic rings. The molecule has 3 unspecified atom stereocenters. The molecule has 0 spiro atoms. The second kappa shape index (κ2) is 19.9. The highest BCUT2D eigenvalue weighted by Gasteiger charge is 2.36. The summed E-state index contributed by atoms with van der Waals surface area (Å²) < 4.78 is 0. The van der Waals surface area contributed by atoms with Gasteiger partial charge >= 0.3 is 6.03 Å². The predicted octanol–water partition coefficient (Wildman–Crippen LogP) is -0.859. The molecular weight excluding hydrogens is 600 g/mol. The minimum atomic E-state index is -1.58. The van der Waals surface area contributed by atoms with Crippen LogP contribution in [0.25, 0.3) is 0 Å². The number of carbonyl (C=O) groups excluding carboxylic acids is 7. The highest BCUT2D eigenvalue weighted by Crippen LogP contribution is 2.21. The first kappa shape index (κ1) is 37.8. The Hall–Kier alpha value is -3.21. The van der Waals surface area contributed by atoms with E-state index >= 15 is 0 Å².